The first-order valence-corrected chi connectivity index (χ1v) is 10.6. The highest BCUT2D eigenvalue weighted by Crippen LogP contribution is 2.16. The first-order valence-electron chi connectivity index (χ1n) is 10.6. The predicted molar refractivity (Wildman–Crippen MR) is 131 cm³/mol. The van der Waals surface area contributed by atoms with Gasteiger partial charge in [-0.25, -0.2) is 10.2 Å². The van der Waals surface area contributed by atoms with Crippen LogP contribution in [0.2, 0.25) is 0 Å². The number of hydrogen-bond acceptors (Lipinski definition) is 6. The lowest BCUT2D eigenvalue weighted by atomic mass is 10.1. The molecule has 0 heterocycles. The Morgan fingerprint density at radius 1 is 0.853 bits per heavy atom. The predicted octanol–water partition coefficient (Wildman–Crippen LogP) is 4.46. The normalized spacial score (nSPS) is 10.9. The molecule has 3 aromatic rings. The molecule has 0 aliphatic carbocycles. The van der Waals surface area contributed by atoms with Crippen LogP contribution in [-0.2, 0) is 9.59 Å². The number of nitrogens with one attached hydrogen (secondary N) is 1. The molecule has 7 heteroatoms. The number of nitrogens with zero attached hydrogens (tertiary/aromatic N) is 1. The quantitative estimate of drug-likeness (QED) is 0.168. The van der Waals surface area contributed by atoms with E-state index in [0.29, 0.717) is 11.5 Å². The molecule has 174 valence electrons. The topological polar surface area (TPSA) is 86.2 Å². The number of rotatable bonds is 9. The summed E-state index contributed by atoms with van der Waals surface area (Å²) < 4.78 is 15.9. The van der Waals surface area contributed by atoms with E-state index in [1.54, 1.807) is 37.5 Å². The Balaban J connectivity index is 1.43. The van der Waals surface area contributed by atoms with E-state index < -0.39 is 5.97 Å². The second kappa shape index (κ2) is 12.0. The minimum absolute atomic E-state index is 0.140. The Morgan fingerprint density at radius 2 is 1.50 bits per heavy atom. The summed E-state index contributed by atoms with van der Waals surface area (Å²) in [7, 11) is 1.60. The van der Waals surface area contributed by atoms with Gasteiger partial charge in [0.15, 0.2) is 6.61 Å². The Kier molecular flexibility index (Phi) is 8.57. The lowest BCUT2D eigenvalue weighted by Crippen LogP contribution is -2.24. The van der Waals surface area contributed by atoms with Crippen LogP contribution < -0.4 is 19.6 Å². The van der Waals surface area contributed by atoms with Crippen molar-refractivity contribution < 1.29 is 23.8 Å². The number of aryl methyl sites for hydroxylation is 2. The summed E-state index contributed by atoms with van der Waals surface area (Å²) in [5.74, 6) is 0.907. The highest BCUT2D eigenvalue weighted by atomic mass is 16.5. The number of carbonyl (C=O) groups excluding carboxylic acids is 2. The van der Waals surface area contributed by atoms with E-state index in [9.17, 15) is 9.59 Å². The zero-order valence-electron chi connectivity index (χ0n) is 19.3. The number of esters is 1. The van der Waals surface area contributed by atoms with E-state index in [1.165, 1.54) is 12.3 Å². The second-order valence-corrected chi connectivity index (χ2v) is 7.42. The summed E-state index contributed by atoms with van der Waals surface area (Å²) in [4.78, 5) is 23.9. The number of benzene rings is 3. The number of hydrogen-bond donors (Lipinski definition) is 1. The van der Waals surface area contributed by atoms with E-state index in [-0.39, 0.29) is 12.5 Å². The molecule has 0 atom stereocenters. The summed E-state index contributed by atoms with van der Waals surface area (Å²) in [6.07, 6.45) is 4.50. The third kappa shape index (κ3) is 7.63. The van der Waals surface area contributed by atoms with Crippen molar-refractivity contribution in [2.75, 3.05) is 13.7 Å². The first kappa shape index (κ1) is 24.3. The number of carbonyl (C=O) groups is 2. The molecule has 0 aromatic heterocycles. The van der Waals surface area contributed by atoms with Gasteiger partial charge >= 0.3 is 5.97 Å². The number of methoxy groups -OCH3 is 1. The maximum atomic E-state index is 12.0. The van der Waals surface area contributed by atoms with Crippen molar-refractivity contribution in [1.82, 2.24) is 5.43 Å². The van der Waals surface area contributed by atoms with E-state index in [2.05, 4.69) is 10.5 Å². The number of hydrazone groups is 1. The van der Waals surface area contributed by atoms with Crippen LogP contribution in [0.4, 0.5) is 0 Å². The molecule has 0 fully saturated rings. The summed E-state index contributed by atoms with van der Waals surface area (Å²) in [6.45, 7) is 3.86. The zero-order chi connectivity index (χ0) is 24.3. The molecule has 1 amide bonds. The molecule has 0 saturated carbocycles. The van der Waals surface area contributed by atoms with Gasteiger partial charge in [-0.3, -0.25) is 4.79 Å². The fourth-order valence-corrected chi connectivity index (χ4v) is 2.82. The first-order chi connectivity index (χ1) is 16.4. The van der Waals surface area contributed by atoms with Crippen molar-refractivity contribution in [2.45, 2.75) is 13.8 Å². The summed E-state index contributed by atoms with van der Waals surface area (Å²) >= 11 is 0. The molecule has 7 nitrogen and oxygen atoms in total. The lowest BCUT2D eigenvalue weighted by Gasteiger charge is -2.07. The van der Waals surface area contributed by atoms with Crippen LogP contribution in [0.5, 0.6) is 17.2 Å². The summed E-state index contributed by atoms with van der Waals surface area (Å²) in [6, 6.07) is 19.7. The van der Waals surface area contributed by atoms with E-state index in [1.807, 2.05) is 56.3 Å². The zero-order valence-corrected chi connectivity index (χ0v) is 19.3. The van der Waals surface area contributed by atoms with Crippen LogP contribution in [0.1, 0.15) is 22.3 Å². The molecule has 0 aliphatic heterocycles. The largest absolute Gasteiger partial charge is 0.497 e. The molecule has 0 saturated heterocycles. The molecular weight excluding hydrogens is 432 g/mol. The number of amides is 1. The van der Waals surface area contributed by atoms with Gasteiger partial charge in [0.05, 0.1) is 13.3 Å². The van der Waals surface area contributed by atoms with E-state index in [4.69, 9.17) is 14.2 Å². The van der Waals surface area contributed by atoms with Crippen molar-refractivity contribution in [3.05, 3.63) is 95.1 Å². The summed E-state index contributed by atoms with van der Waals surface area (Å²) in [5, 5.41) is 3.92. The third-order valence-electron chi connectivity index (χ3n) is 4.88. The Morgan fingerprint density at radius 3 is 2.18 bits per heavy atom. The van der Waals surface area contributed by atoms with E-state index >= 15 is 0 Å². The molecule has 0 bridgehead atoms. The maximum absolute atomic E-state index is 12.0. The molecular formula is C27H26N2O5. The smallest absolute Gasteiger partial charge is 0.336 e. The minimum Gasteiger partial charge on any atom is -0.497 e. The van der Waals surface area contributed by atoms with Crippen LogP contribution in [0, 0.1) is 13.8 Å². The van der Waals surface area contributed by atoms with Crippen LogP contribution in [0.15, 0.2) is 77.9 Å². The van der Waals surface area contributed by atoms with Crippen LogP contribution in [0.25, 0.3) is 6.08 Å². The fraction of sp³-hybridized carbons (Fsp3) is 0.148. The highest BCUT2D eigenvalue weighted by Gasteiger charge is 2.03. The van der Waals surface area contributed by atoms with Gasteiger partial charge in [0, 0.05) is 6.08 Å². The molecule has 1 N–H and O–H groups in total. The second-order valence-electron chi connectivity index (χ2n) is 7.42. The van der Waals surface area contributed by atoms with E-state index in [0.717, 1.165) is 28.0 Å². The number of ether oxygens (including phenoxy) is 3. The van der Waals surface area contributed by atoms with Gasteiger partial charge in [-0.05, 0) is 90.7 Å². The molecule has 3 aromatic carbocycles. The minimum atomic E-state index is -0.492. The molecule has 3 rings (SSSR count). The van der Waals surface area contributed by atoms with Gasteiger partial charge in [-0.15, -0.1) is 0 Å². The average molecular weight is 459 g/mol. The molecule has 34 heavy (non-hydrogen) atoms. The lowest BCUT2D eigenvalue weighted by molar-refractivity contribution is -0.129. The Hall–Kier alpha value is -4.39. The molecule has 0 radical (unpaired) electrons. The van der Waals surface area contributed by atoms with Gasteiger partial charge in [-0.1, -0.05) is 18.2 Å². The maximum Gasteiger partial charge on any atom is 0.336 e. The van der Waals surface area contributed by atoms with Crippen molar-refractivity contribution in [3.63, 3.8) is 0 Å². The molecule has 0 spiro atoms. The molecule has 0 unspecified atom stereocenters. The van der Waals surface area contributed by atoms with Gasteiger partial charge in [0.25, 0.3) is 5.91 Å². The summed E-state index contributed by atoms with van der Waals surface area (Å²) in [5.41, 5.74) is 6.25. The Bertz CT molecular complexity index is 1180. The van der Waals surface area contributed by atoms with Crippen LogP contribution >= 0.6 is 0 Å². The third-order valence-corrected chi connectivity index (χ3v) is 4.88. The van der Waals surface area contributed by atoms with Gasteiger partial charge in [0.2, 0.25) is 0 Å². The standard InChI is InChI=1S/C27H26N2O5/c1-19-4-10-25(16-20(19)2)33-18-26(30)29-28-17-22-7-13-24(14-8-22)34-27(31)15-9-21-5-11-23(32-3)12-6-21/h4-17H,18H2,1-3H3,(H,29,30)/b15-9+,28-17-. The fourth-order valence-electron chi connectivity index (χ4n) is 2.82. The SMILES string of the molecule is COc1ccc(/C=C/C(=O)Oc2ccc(/C=N\NC(=O)COc3ccc(C)c(C)c3)cc2)cc1. The Labute approximate surface area is 198 Å². The van der Waals surface area contributed by atoms with Gasteiger partial charge < -0.3 is 14.2 Å². The van der Waals surface area contributed by atoms with Crippen molar-refractivity contribution in [3.8, 4) is 17.2 Å². The van der Waals surface area contributed by atoms with Crippen molar-refractivity contribution in [2.24, 2.45) is 5.10 Å². The van der Waals surface area contributed by atoms with Gasteiger partial charge in [0.1, 0.15) is 17.2 Å². The highest BCUT2D eigenvalue weighted by molar-refractivity contribution is 5.89. The monoisotopic (exact) mass is 458 g/mol. The van der Waals surface area contributed by atoms with Crippen LogP contribution in [-0.4, -0.2) is 31.8 Å². The molecule has 0 aliphatic rings. The van der Waals surface area contributed by atoms with Crippen molar-refractivity contribution >= 4 is 24.2 Å². The van der Waals surface area contributed by atoms with Crippen molar-refractivity contribution in [1.29, 1.82) is 0 Å². The average Bonchev–Trinajstić information content (AvgIpc) is 2.85. The van der Waals surface area contributed by atoms with Crippen LogP contribution in [0.3, 0.4) is 0 Å². The van der Waals surface area contributed by atoms with Gasteiger partial charge in [-0.2, -0.15) is 5.10 Å².